The topological polar surface area (TPSA) is 56.8 Å². The molecular weight excluding hydrogens is 258 g/mol. The van der Waals surface area contributed by atoms with Crippen molar-refractivity contribution >= 4 is 6.09 Å². The van der Waals surface area contributed by atoms with Gasteiger partial charge in [-0.2, -0.15) is 0 Å². The number of carbonyl (C=O) groups excluding carboxylic acids is 1. The summed E-state index contributed by atoms with van der Waals surface area (Å²) in [7, 11) is 3.20. The van der Waals surface area contributed by atoms with E-state index < -0.39 is 0 Å². The Morgan fingerprint density at radius 2 is 1.95 bits per heavy atom. The quantitative estimate of drug-likeness (QED) is 0.744. The van der Waals surface area contributed by atoms with Crippen molar-refractivity contribution in [3.8, 4) is 11.5 Å². The van der Waals surface area contributed by atoms with Crippen molar-refractivity contribution in [3.05, 3.63) is 23.8 Å². The van der Waals surface area contributed by atoms with Crippen LogP contribution in [-0.2, 0) is 11.2 Å². The molecule has 0 heterocycles. The first-order valence-electron chi connectivity index (χ1n) is 6.82. The number of ether oxygens (including phenoxy) is 3. The van der Waals surface area contributed by atoms with Gasteiger partial charge in [-0.1, -0.05) is 19.4 Å². The highest BCUT2D eigenvalue weighted by atomic mass is 16.5. The summed E-state index contributed by atoms with van der Waals surface area (Å²) in [5.74, 6) is 1.39. The van der Waals surface area contributed by atoms with Gasteiger partial charge in [-0.05, 0) is 30.5 Å². The summed E-state index contributed by atoms with van der Waals surface area (Å²) in [5.41, 5.74) is 1.07. The molecule has 0 bridgehead atoms. The molecule has 1 aromatic rings. The minimum atomic E-state index is -0.362. The van der Waals surface area contributed by atoms with E-state index in [1.165, 1.54) is 0 Å². The largest absolute Gasteiger partial charge is 0.493 e. The standard InChI is InChI=1S/C15H23NO4/c1-4-5-10-20-15(17)16-9-8-12-6-7-13(18-2)14(11-12)19-3/h6-7,11H,4-5,8-10H2,1-3H3,(H,16,17). The molecule has 1 N–H and O–H groups in total. The van der Waals surface area contributed by atoms with Crippen molar-refractivity contribution in [3.63, 3.8) is 0 Å². The van der Waals surface area contributed by atoms with Crippen molar-refractivity contribution < 1.29 is 19.0 Å². The summed E-state index contributed by atoms with van der Waals surface area (Å²) in [5, 5.41) is 2.72. The number of benzene rings is 1. The second-order valence-corrected chi connectivity index (χ2v) is 4.36. The van der Waals surface area contributed by atoms with E-state index in [4.69, 9.17) is 14.2 Å². The Hall–Kier alpha value is -1.91. The number of rotatable bonds is 8. The van der Waals surface area contributed by atoms with E-state index in [0.29, 0.717) is 31.1 Å². The van der Waals surface area contributed by atoms with Crippen LogP contribution in [0.15, 0.2) is 18.2 Å². The summed E-state index contributed by atoms with van der Waals surface area (Å²) in [6, 6.07) is 5.71. The number of hydrogen-bond acceptors (Lipinski definition) is 4. The van der Waals surface area contributed by atoms with Crippen LogP contribution in [0.1, 0.15) is 25.3 Å². The summed E-state index contributed by atoms with van der Waals surface area (Å²) in [4.78, 5) is 11.4. The van der Waals surface area contributed by atoms with E-state index in [1.807, 2.05) is 18.2 Å². The van der Waals surface area contributed by atoms with Crippen LogP contribution in [0, 0.1) is 0 Å². The number of unbranched alkanes of at least 4 members (excludes halogenated alkanes) is 1. The van der Waals surface area contributed by atoms with Crippen LogP contribution < -0.4 is 14.8 Å². The van der Waals surface area contributed by atoms with Crippen LogP contribution in [-0.4, -0.2) is 33.5 Å². The maximum Gasteiger partial charge on any atom is 0.407 e. The van der Waals surface area contributed by atoms with Crippen LogP contribution in [0.25, 0.3) is 0 Å². The molecular formula is C15H23NO4. The molecule has 0 aromatic heterocycles. The Morgan fingerprint density at radius 1 is 1.20 bits per heavy atom. The predicted molar refractivity (Wildman–Crippen MR) is 77.5 cm³/mol. The summed E-state index contributed by atoms with van der Waals surface area (Å²) < 4.78 is 15.4. The molecule has 5 nitrogen and oxygen atoms in total. The van der Waals surface area contributed by atoms with Crippen molar-refractivity contribution in [1.82, 2.24) is 5.32 Å². The highest BCUT2D eigenvalue weighted by Gasteiger charge is 2.05. The van der Waals surface area contributed by atoms with Crippen molar-refractivity contribution in [2.24, 2.45) is 0 Å². The zero-order chi connectivity index (χ0) is 14.8. The van der Waals surface area contributed by atoms with Crippen molar-refractivity contribution in [1.29, 1.82) is 0 Å². The molecule has 0 spiro atoms. The highest BCUT2D eigenvalue weighted by Crippen LogP contribution is 2.27. The lowest BCUT2D eigenvalue weighted by atomic mass is 10.1. The van der Waals surface area contributed by atoms with Gasteiger partial charge in [-0.25, -0.2) is 4.79 Å². The minimum absolute atomic E-state index is 0.362. The Balaban J connectivity index is 2.36. The number of methoxy groups -OCH3 is 2. The molecule has 0 aliphatic heterocycles. The lowest BCUT2D eigenvalue weighted by Crippen LogP contribution is -2.26. The number of hydrogen-bond donors (Lipinski definition) is 1. The van der Waals surface area contributed by atoms with Crippen LogP contribution in [0.5, 0.6) is 11.5 Å². The summed E-state index contributed by atoms with van der Waals surface area (Å²) in [6.45, 7) is 3.05. The molecule has 0 atom stereocenters. The monoisotopic (exact) mass is 281 g/mol. The summed E-state index contributed by atoms with van der Waals surface area (Å²) >= 11 is 0. The van der Waals surface area contributed by atoms with Gasteiger partial charge in [0.15, 0.2) is 11.5 Å². The molecule has 0 saturated heterocycles. The van der Waals surface area contributed by atoms with E-state index in [9.17, 15) is 4.79 Å². The van der Waals surface area contributed by atoms with Gasteiger partial charge in [0.2, 0.25) is 0 Å². The zero-order valence-electron chi connectivity index (χ0n) is 12.4. The van der Waals surface area contributed by atoms with Gasteiger partial charge in [-0.3, -0.25) is 0 Å². The van der Waals surface area contributed by atoms with E-state index >= 15 is 0 Å². The molecule has 1 aromatic carbocycles. The third-order valence-corrected chi connectivity index (χ3v) is 2.86. The second kappa shape index (κ2) is 9.07. The van der Waals surface area contributed by atoms with Gasteiger partial charge in [0.1, 0.15) is 0 Å². The molecule has 5 heteroatoms. The minimum Gasteiger partial charge on any atom is -0.493 e. The molecule has 0 unspecified atom stereocenters. The van der Waals surface area contributed by atoms with Crippen LogP contribution in [0.2, 0.25) is 0 Å². The van der Waals surface area contributed by atoms with Gasteiger partial charge in [-0.15, -0.1) is 0 Å². The Bertz CT molecular complexity index is 420. The first-order chi connectivity index (χ1) is 9.71. The van der Waals surface area contributed by atoms with Gasteiger partial charge < -0.3 is 19.5 Å². The fraction of sp³-hybridized carbons (Fsp3) is 0.533. The van der Waals surface area contributed by atoms with Crippen LogP contribution in [0.3, 0.4) is 0 Å². The van der Waals surface area contributed by atoms with Gasteiger partial charge in [0, 0.05) is 6.54 Å². The fourth-order valence-corrected chi connectivity index (χ4v) is 1.71. The van der Waals surface area contributed by atoms with E-state index in [1.54, 1.807) is 14.2 Å². The fourth-order valence-electron chi connectivity index (χ4n) is 1.71. The molecule has 0 saturated carbocycles. The smallest absolute Gasteiger partial charge is 0.407 e. The Labute approximate surface area is 120 Å². The van der Waals surface area contributed by atoms with Gasteiger partial charge >= 0.3 is 6.09 Å². The third-order valence-electron chi connectivity index (χ3n) is 2.86. The lowest BCUT2D eigenvalue weighted by molar-refractivity contribution is 0.144. The molecule has 0 aliphatic carbocycles. The van der Waals surface area contributed by atoms with E-state index in [2.05, 4.69) is 12.2 Å². The molecule has 0 fully saturated rings. The van der Waals surface area contributed by atoms with Crippen LogP contribution in [0.4, 0.5) is 4.79 Å². The molecule has 1 amide bonds. The molecule has 1 rings (SSSR count). The van der Waals surface area contributed by atoms with Gasteiger partial charge in [0.25, 0.3) is 0 Å². The Morgan fingerprint density at radius 3 is 2.60 bits per heavy atom. The lowest BCUT2D eigenvalue weighted by Gasteiger charge is -2.10. The first kappa shape index (κ1) is 16.1. The number of nitrogens with one attached hydrogen (secondary N) is 1. The SMILES string of the molecule is CCCCOC(=O)NCCc1ccc(OC)c(OC)c1. The molecule has 0 aliphatic rings. The third kappa shape index (κ3) is 5.38. The van der Waals surface area contributed by atoms with Gasteiger partial charge in [0.05, 0.1) is 20.8 Å². The van der Waals surface area contributed by atoms with Crippen LogP contribution >= 0.6 is 0 Å². The predicted octanol–water partition coefficient (Wildman–Crippen LogP) is 2.77. The maximum atomic E-state index is 11.4. The molecule has 112 valence electrons. The van der Waals surface area contributed by atoms with E-state index in [-0.39, 0.29) is 6.09 Å². The first-order valence-corrected chi connectivity index (χ1v) is 6.82. The Kier molecular flexibility index (Phi) is 7.32. The second-order valence-electron chi connectivity index (χ2n) is 4.36. The normalized spacial score (nSPS) is 9.95. The molecule has 20 heavy (non-hydrogen) atoms. The number of alkyl carbamates (subject to hydrolysis) is 1. The summed E-state index contributed by atoms with van der Waals surface area (Å²) in [6.07, 6.45) is 2.25. The highest BCUT2D eigenvalue weighted by molar-refractivity contribution is 5.67. The van der Waals surface area contributed by atoms with Crippen molar-refractivity contribution in [2.45, 2.75) is 26.2 Å². The number of amides is 1. The van der Waals surface area contributed by atoms with Crippen molar-refractivity contribution in [2.75, 3.05) is 27.4 Å². The average molecular weight is 281 g/mol. The average Bonchev–Trinajstić information content (AvgIpc) is 2.47. The molecule has 0 radical (unpaired) electrons. The number of carbonyl (C=O) groups is 1. The maximum absolute atomic E-state index is 11.4. The zero-order valence-corrected chi connectivity index (χ0v) is 12.4. The van der Waals surface area contributed by atoms with E-state index in [0.717, 1.165) is 18.4 Å².